The Kier molecular flexibility index (Phi) is 10.1. The van der Waals surface area contributed by atoms with Gasteiger partial charge in [0.15, 0.2) is 11.6 Å². The molecule has 4 rings (SSSR count). The Labute approximate surface area is 258 Å². The van der Waals surface area contributed by atoms with Crippen molar-refractivity contribution in [3.8, 4) is 5.75 Å². The molecule has 0 amide bonds. The zero-order chi connectivity index (χ0) is 31.9. The molecule has 0 radical (unpaired) electrons. The monoisotopic (exact) mass is 626 g/mol. The molecule has 3 fully saturated rings. The predicted molar refractivity (Wildman–Crippen MR) is 157 cm³/mol. The van der Waals surface area contributed by atoms with E-state index in [9.17, 15) is 24.9 Å². The SMILES string of the molecule is CO[C@H](CC[C@@H](C)[C@H]1O[C@@]23C[C@H](OC(=O)C[C@@H]([C@H](C)O)OC(=O)C[C@@](O)(O2)[C@@H](C)CC3(C)C)[C@H]1C)c1ccc(Cl)c(O)c1. The number of halogens is 1. The second-order valence-corrected chi connectivity index (χ2v) is 13.9. The number of ether oxygens (including phenoxy) is 5. The number of hydrogen-bond donors (Lipinski definition) is 3. The molecule has 3 heterocycles. The minimum Gasteiger partial charge on any atom is -0.506 e. The lowest BCUT2D eigenvalue weighted by atomic mass is 9.66. The number of fused-ring (bicyclic) bond motifs is 2. The minimum atomic E-state index is -1.89. The largest absolute Gasteiger partial charge is 0.506 e. The van der Waals surface area contributed by atoms with Gasteiger partial charge in [-0.25, -0.2) is 0 Å². The molecular weight excluding hydrogens is 580 g/mol. The molecule has 0 unspecified atom stereocenters. The number of carbonyl (C=O) groups is 2. The lowest BCUT2D eigenvalue weighted by molar-refractivity contribution is -0.452. The van der Waals surface area contributed by atoms with Gasteiger partial charge in [-0.15, -0.1) is 0 Å². The van der Waals surface area contributed by atoms with Crippen molar-refractivity contribution >= 4 is 23.5 Å². The smallest absolute Gasteiger partial charge is 0.311 e. The number of methoxy groups -OCH3 is 1. The van der Waals surface area contributed by atoms with Crippen LogP contribution in [0.4, 0.5) is 0 Å². The van der Waals surface area contributed by atoms with Gasteiger partial charge in [0.05, 0.1) is 36.2 Å². The van der Waals surface area contributed by atoms with Gasteiger partial charge < -0.3 is 39.0 Å². The highest BCUT2D eigenvalue weighted by Gasteiger charge is 2.64. The van der Waals surface area contributed by atoms with E-state index in [1.54, 1.807) is 19.2 Å². The molecule has 0 aromatic heterocycles. The van der Waals surface area contributed by atoms with Crippen LogP contribution in [-0.4, -0.2) is 70.4 Å². The van der Waals surface area contributed by atoms with Crippen LogP contribution in [0.3, 0.4) is 0 Å². The predicted octanol–water partition coefficient (Wildman–Crippen LogP) is 5.04. The summed E-state index contributed by atoms with van der Waals surface area (Å²) in [6.07, 6.45) is -2.49. The number of esters is 2. The number of phenols is 1. The summed E-state index contributed by atoms with van der Waals surface area (Å²) in [6.45, 7) is 11.3. The Morgan fingerprint density at radius 2 is 1.79 bits per heavy atom. The molecule has 3 bridgehead atoms. The van der Waals surface area contributed by atoms with Crippen molar-refractivity contribution in [3.05, 3.63) is 28.8 Å². The van der Waals surface area contributed by atoms with Crippen LogP contribution >= 0.6 is 11.6 Å². The second kappa shape index (κ2) is 12.8. The number of aliphatic hydroxyl groups excluding tert-OH is 1. The minimum absolute atomic E-state index is 0.0154. The van der Waals surface area contributed by atoms with Crippen LogP contribution in [0.5, 0.6) is 5.75 Å². The normalized spacial score (nSPS) is 36.7. The fraction of sp³-hybridized carbons (Fsp3) is 0.750. The lowest BCUT2D eigenvalue weighted by Gasteiger charge is -2.61. The molecular formula is C32H47ClO10. The van der Waals surface area contributed by atoms with Crippen molar-refractivity contribution in [1.82, 2.24) is 0 Å². The summed E-state index contributed by atoms with van der Waals surface area (Å²) in [5, 5.41) is 32.4. The van der Waals surface area contributed by atoms with Crippen molar-refractivity contribution in [2.45, 2.75) is 122 Å². The van der Waals surface area contributed by atoms with Gasteiger partial charge in [0, 0.05) is 30.8 Å². The molecule has 3 N–H and O–H groups in total. The first kappa shape index (κ1) is 33.9. The van der Waals surface area contributed by atoms with Crippen LogP contribution in [0.2, 0.25) is 5.02 Å². The Morgan fingerprint density at radius 3 is 2.42 bits per heavy atom. The van der Waals surface area contributed by atoms with Gasteiger partial charge in [0.2, 0.25) is 0 Å². The van der Waals surface area contributed by atoms with Crippen LogP contribution in [-0.2, 0) is 33.3 Å². The first-order chi connectivity index (χ1) is 20.0. The second-order valence-electron chi connectivity index (χ2n) is 13.5. The van der Waals surface area contributed by atoms with E-state index in [0.717, 1.165) is 5.56 Å². The molecule has 10 nitrogen and oxygen atoms in total. The number of phenolic OH excluding ortho intramolecular Hbond substituents is 1. The Bertz CT molecular complexity index is 1170. The summed E-state index contributed by atoms with van der Waals surface area (Å²) >= 11 is 6.00. The van der Waals surface area contributed by atoms with Gasteiger partial charge >= 0.3 is 11.9 Å². The van der Waals surface area contributed by atoms with E-state index < -0.39 is 65.7 Å². The summed E-state index contributed by atoms with van der Waals surface area (Å²) in [7, 11) is 1.61. The topological polar surface area (TPSA) is 141 Å². The third-order valence-electron chi connectivity index (χ3n) is 9.80. The maximum Gasteiger partial charge on any atom is 0.311 e. The van der Waals surface area contributed by atoms with Crippen molar-refractivity contribution in [1.29, 1.82) is 0 Å². The number of hydrogen-bond acceptors (Lipinski definition) is 10. The maximum absolute atomic E-state index is 13.2. The van der Waals surface area contributed by atoms with E-state index in [1.165, 1.54) is 6.92 Å². The van der Waals surface area contributed by atoms with Gasteiger partial charge in [0.1, 0.15) is 18.0 Å². The zero-order valence-electron chi connectivity index (χ0n) is 26.2. The number of cyclic esters (lactones) is 1. The van der Waals surface area contributed by atoms with E-state index >= 15 is 0 Å². The average molecular weight is 627 g/mol. The summed E-state index contributed by atoms with van der Waals surface area (Å²) in [5.41, 5.74) is 0.176. The summed E-state index contributed by atoms with van der Waals surface area (Å²) in [5.74, 6) is -5.40. The Hall–Kier alpha value is -1.95. The van der Waals surface area contributed by atoms with Crippen LogP contribution in [0, 0.1) is 23.2 Å². The Balaban J connectivity index is 1.66. The van der Waals surface area contributed by atoms with Gasteiger partial charge in [-0.05, 0) is 49.8 Å². The van der Waals surface area contributed by atoms with Crippen LogP contribution in [0.25, 0.3) is 0 Å². The molecule has 11 heteroatoms. The van der Waals surface area contributed by atoms with Gasteiger partial charge in [-0.3, -0.25) is 9.59 Å². The van der Waals surface area contributed by atoms with Crippen LogP contribution in [0.15, 0.2) is 18.2 Å². The van der Waals surface area contributed by atoms with E-state index in [2.05, 4.69) is 6.92 Å². The van der Waals surface area contributed by atoms with Crippen LogP contribution < -0.4 is 0 Å². The number of rotatable bonds is 7. The molecule has 3 aliphatic rings. The fourth-order valence-electron chi connectivity index (χ4n) is 6.98. The van der Waals surface area contributed by atoms with Crippen molar-refractivity contribution in [2.75, 3.05) is 7.11 Å². The first-order valence-electron chi connectivity index (χ1n) is 15.2. The summed E-state index contributed by atoms with van der Waals surface area (Å²) in [6, 6.07) is 5.05. The van der Waals surface area contributed by atoms with E-state index in [0.29, 0.717) is 19.3 Å². The number of aliphatic hydroxyl groups is 2. The molecule has 242 valence electrons. The average Bonchev–Trinajstić information content (AvgIpc) is 2.90. The standard InChI is InChI=1S/C32H47ClO10/c1-17(8-11-24(39-7)21-9-10-22(33)23(35)12-21)29-19(3)26-15-32(42-29)30(5,6)14-18(2)31(38,43-32)16-28(37)40-25(20(4)34)13-27(36)41-26/h9-10,12,17-20,24-26,29,34-35,38H,8,11,13-16H2,1-7H3/t17-,18+,19-,20+,24-,25+,26+,29-,31-,32+/m1/s1. The quantitative estimate of drug-likeness (QED) is 0.353. The van der Waals surface area contributed by atoms with E-state index in [-0.39, 0.29) is 41.6 Å². The molecule has 1 spiro atoms. The van der Waals surface area contributed by atoms with Crippen molar-refractivity contribution < 1.29 is 48.6 Å². The van der Waals surface area contributed by atoms with Crippen LogP contribution in [0.1, 0.15) is 91.7 Å². The van der Waals surface area contributed by atoms with Crippen molar-refractivity contribution in [2.24, 2.45) is 23.2 Å². The highest BCUT2D eigenvalue weighted by atomic mass is 35.5. The fourth-order valence-corrected chi connectivity index (χ4v) is 7.09. The maximum atomic E-state index is 13.2. The highest BCUT2D eigenvalue weighted by Crippen LogP contribution is 2.57. The van der Waals surface area contributed by atoms with E-state index in [1.807, 2.05) is 33.8 Å². The highest BCUT2D eigenvalue weighted by molar-refractivity contribution is 6.32. The third kappa shape index (κ3) is 6.99. The van der Waals surface area contributed by atoms with Gasteiger partial charge in [-0.1, -0.05) is 52.3 Å². The summed E-state index contributed by atoms with van der Waals surface area (Å²) in [4.78, 5) is 26.1. The number of carbonyl (C=O) groups excluding carboxylic acids is 2. The molecule has 1 aromatic carbocycles. The molecule has 3 aliphatic heterocycles. The molecule has 1 aromatic rings. The number of aromatic hydroxyl groups is 1. The molecule has 3 saturated heterocycles. The molecule has 43 heavy (non-hydrogen) atoms. The first-order valence-corrected chi connectivity index (χ1v) is 15.6. The molecule has 10 atom stereocenters. The van der Waals surface area contributed by atoms with Gasteiger partial charge in [0.25, 0.3) is 0 Å². The molecule has 0 aliphatic carbocycles. The lowest BCUT2D eigenvalue weighted by Crippen LogP contribution is -2.68. The zero-order valence-corrected chi connectivity index (χ0v) is 26.9. The third-order valence-corrected chi connectivity index (χ3v) is 10.1. The number of benzene rings is 1. The summed E-state index contributed by atoms with van der Waals surface area (Å²) < 4.78 is 30.6. The van der Waals surface area contributed by atoms with Gasteiger partial charge in [-0.2, -0.15) is 0 Å². The van der Waals surface area contributed by atoms with E-state index in [4.69, 9.17) is 35.3 Å². The van der Waals surface area contributed by atoms with Crippen molar-refractivity contribution in [3.63, 3.8) is 0 Å². The Morgan fingerprint density at radius 1 is 1.09 bits per heavy atom. The molecule has 0 saturated carbocycles.